The van der Waals surface area contributed by atoms with Crippen molar-refractivity contribution < 1.29 is 14.3 Å². The zero-order valence-electron chi connectivity index (χ0n) is 11.9. The van der Waals surface area contributed by atoms with E-state index in [4.69, 9.17) is 9.47 Å². The van der Waals surface area contributed by atoms with Gasteiger partial charge >= 0.3 is 0 Å². The van der Waals surface area contributed by atoms with Gasteiger partial charge in [0.05, 0.1) is 30.2 Å². The second-order valence-corrected chi connectivity index (χ2v) is 5.86. The lowest BCUT2D eigenvalue weighted by Gasteiger charge is -2.29. The van der Waals surface area contributed by atoms with Crippen LogP contribution < -0.4 is 9.47 Å². The molecule has 3 rings (SSSR count). The van der Waals surface area contributed by atoms with Gasteiger partial charge in [0.25, 0.3) is 0 Å². The third kappa shape index (κ3) is 2.33. The molecule has 0 N–H and O–H groups in total. The first-order chi connectivity index (χ1) is 10.2. The van der Waals surface area contributed by atoms with Gasteiger partial charge in [-0.2, -0.15) is 0 Å². The number of Topliss-reactive ketones (excluding diaryl/α,β-unsaturated/α-hetero) is 1. The van der Waals surface area contributed by atoms with Crippen LogP contribution in [0.4, 0.5) is 0 Å². The molecule has 2 aromatic carbocycles. The molecule has 0 saturated heterocycles. The Morgan fingerprint density at radius 2 is 1.86 bits per heavy atom. The van der Waals surface area contributed by atoms with Gasteiger partial charge in [0.1, 0.15) is 11.5 Å². The number of hydrogen-bond donors (Lipinski definition) is 0. The van der Waals surface area contributed by atoms with Crippen LogP contribution in [0.5, 0.6) is 11.5 Å². The predicted octanol–water partition coefficient (Wildman–Crippen LogP) is 3.99. The summed E-state index contributed by atoms with van der Waals surface area (Å²) in [5, 5.41) is 0. The van der Waals surface area contributed by atoms with E-state index in [2.05, 4.69) is 22.0 Å². The summed E-state index contributed by atoms with van der Waals surface area (Å²) in [6.07, 6.45) is 0.788. The van der Waals surface area contributed by atoms with Gasteiger partial charge in [0.2, 0.25) is 0 Å². The van der Waals surface area contributed by atoms with E-state index in [1.807, 2.05) is 18.2 Å². The Bertz CT molecular complexity index is 709. The molecular weight excluding hydrogens is 332 g/mol. The zero-order chi connectivity index (χ0) is 15.0. The van der Waals surface area contributed by atoms with Crippen molar-refractivity contribution in [2.75, 3.05) is 14.2 Å². The summed E-state index contributed by atoms with van der Waals surface area (Å²) < 4.78 is 11.4. The van der Waals surface area contributed by atoms with Gasteiger partial charge in [-0.15, -0.1) is 0 Å². The molecule has 0 spiro atoms. The number of ether oxygens (including phenoxy) is 2. The van der Waals surface area contributed by atoms with Gasteiger partial charge in [-0.3, -0.25) is 4.79 Å². The van der Waals surface area contributed by atoms with Gasteiger partial charge < -0.3 is 9.47 Å². The van der Waals surface area contributed by atoms with E-state index in [1.165, 1.54) is 5.56 Å². The van der Waals surface area contributed by atoms with Gasteiger partial charge in [-0.1, -0.05) is 24.3 Å². The molecule has 1 aliphatic rings. The van der Waals surface area contributed by atoms with E-state index in [0.29, 0.717) is 17.1 Å². The van der Waals surface area contributed by atoms with Crippen molar-refractivity contribution in [2.24, 2.45) is 0 Å². The highest BCUT2D eigenvalue weighted by Gasteiger charge is 2.34. The monoisotopic (exact) mass is 346 g/mol. The molecule has 0 amide bonds. The average molecular weight is 347 g/mol. The number of carbonyl (C=O) groups excluding carboxylic acids is 1. The van der Waals surface area contributed by atoms with Crippen LogP contribution in [0.25, 0.3) is 0 Å². The molecule has 0 aliphatic heterocycles. The minimum Gasteiger partial charge on any atom is -0.496 e. The Morgan fingerprint density at radius 3 is 2.52 bits per heavy atom. The first-order valence-electron chi connectivity index (χ1n) is 6.69. The molecule has 21 heavy (non-hydrogen) atoms. The van der Waals surface area contributed by atoms with E-state index in [0.717, 1.165) is 16.5 Å². The fourth-order valence-electron chi connectivity index (χ4n) is 2.73. The molecule has 1 unspecified atom stereocenters. The fourth-order valence-corrected chi connectivity index (χ4v) is 3.22. The Hall–Kier alpha value is -1.81. The Morgan fingerprint density at radius 1 is 1.14 bits per heavy atom. The minimum atomic E-state index is -0.0824. The third-order valence-corrected chi connectivity index (χ3v) is 4.53. The van der Waals surface area contributed by atoms with Crippen LogP contribution in [-0.4, -0.2) is 20.0 Å². The zero-order valence-corrected chi connectivity index (χ0v) is 13.4. The molecular formula is C17H15BrO3. The molecule has 4 heteroatoms. The largest absolute Gasteiger partial charge is 0.496 e. The lowest BCUT2D eigenvalue weighted by molar-refractivity contribution is 0.0945. The summed E-state index contributed by atoms with van der Waals surface area (Å²) >= 11 is 3.41. The van der Waals surface area contributed by atoms with E-state index in [-0.39, 0.29) is 11.7 Å². The normalized spacial score (nSPS) is 15.9. The molecule has 0 fully saturated rings. The second kappa shape index (κ2) is 5.53. The summed E-state index contributed by atoms with van der Waals surface area (Å²) in [5.41, 5.74) is 2.93. The number of ketones is 1. The van der Waals surface area contributed by atoms with Crippen molar-refractivity contribution in [1.82, 2.24) is 0 Å². The SMILES string of the molecule is COc1cc(C(=O)C2Cc3ccccc32)c(OC)cc1Br. The molecule has 0 bridgehead atoms. The van der Waals surface area contributed by atoms with Crippen LogP contribution in [-0.2, 0) is 6.42 Å². The van der Waals surface area contributed by atoms with Crippen molar-refractivity contribution in [3.63, 3.8) is 0 Å². The summed E-state index contributed by atoms with van der Waals surface area (Å²) in [7, 11) is 3.15. The molecule has 3 nitrogen and oxygen atoms in total. The van der Waals surface area contributed by atoms with Crippen LogP contribution in [0.1, 0.15) is 27.4 Å². The van der Waals surface area contributed by atoms with Gasteiger partial charge in [0.15, 0.2) is 5.78 Å². The fraction of sp³-hybridized carbons (Fsp3) is 0.235. The van der Waals surface area contributed by atoms with E-state index in [9.17, 15) is 4.79 Å². The molecule has 2 aromatic rings. The van der Waals surface area contributed by atoms with Crippen molar-refractivity contribution in [1.29, 1.82) is 0 Å². The van der Waals surface area contributed by atoms with Crippen LogP contribution in [0, 0.1) is 0 Å². The van der Waals surface area contributed by atoms with Crippen LogP contribution in [0.15, 0.2) is 40.9 Å². The quantitative estimate of drug-likeness (QED) is 0.785. The number of rotatable bonds is 4. The van der Waals surface area contributed by atoms with Crippen molar-refractivity contribution in [2.45, 2.75) is 12.3 Å². The topological polar surface area (TPSA) is 35.5 Å². The lowest BCUT2D eigenvalue weighted by atomic mass is 9.73. The van der Waals surface area contributed by atoms with Gasteiger partial charge in [-0.05, 0) is 45.6 Å². The highest BCUT2D eigenvalue weighted by Crippen LogP contribution is 2.41. The maximum atomic E-state index is 12.8. The van der Waals surface area contributed by atoms with Crippen molar-refractivity contribution >= 4 is 21.7 Å². The standard InChI is InChI=1S/C17H15BrO3/c1-20-15-9-14(18)16(21-2)8-13(15)17(19)12-7-10-5-3-4-6-11(10)12/h3-6,8-9,12H,7H2,1-2H3. The highest BCUT2D eigenvalue weighted by atomic mass is 79.9. The molecule has 1 atom stereocenters. The minimum absolute atomic E-state index is 0.0800. The van der Waals surface area contributed by atoms with Crippen molar-refractivity contribution in [3.8, 4) is 11.5 Å². The number of carbonyl (C=O) groups is 1. The summed E-state index contributed by atoms with van der Waals surface area (Å²) in [5.74, 6) is 1.20. The highest BCUT2D eigenvalue weighted by molar-refractivity contribution is 9.10. The Balaban J connectivity index is 1.99. The maximum absolute atomic E-state index is 12.8. The Labute approximate surface area is 132 Å². The van der Waals surface area contributed by atoms with Crippen molar-refractivity contribution in [3.05, 3.63) is 57.6 Å². The summed E-state index contributed by atoms with van der Waals surface area (Å²) in [4.78, 5) is 12.8. The van der Waals surface area contributed by atoms with Gasteiger partial charge in [0, 0.05) is 0 Å². The number of halogens is 1. The molecule has 0 aromatic heterocycles. The summed E-state index contributed by atoms with van der Waals surface area (Å²) in [6, 6.07) is 11.6. The van der Waals surface area contributed by atoms with E-state index in [1.54, 1.807) is 26.4 Å². The molecule has 108 valence electrons. The number of hydrogen-bond acceptors (Lipinski definition) is 3. The Kier molecular flexibility index (Phi) is 3.72. The second-order valence-electron chi connectivity index (χ2n) is 5.01. The molecule has 0 heterocycles. The smallest absolute Gasteiger partial charge is 0.174 e. The lowest BCUT2D eigenvalue weighted by Crippen LogP contribution is -2.25. The van der Waals surface area contributed by atoms with Gasteiger partial charge in [-0.25, -0.2) is 0 Å². The van der Waals surface area contributed by atoms with E-state index < -0.39 is 0 Å². The number of fused-ring (bicyclic) bond motifs is 1. The van der Waals surface area contributed by atoms with E-state index >= 15 is 0 Å². The summed E-state index contributed by atoms with van der Waals surface area (Å²) in [6.45, 7) is 0. The molecule has 0 saturated carbocycles. The van der Waals surface area contributed by atoms with Crippen LogP contribution in [0.3, 0.4) is 0 Å². The number of methoxy groups -OCH3 is 2. The average Bonchev–Trinajstić information content (AvgIpc) is 2.48. The predicted molar refractivity (Wildman–Crippen MR) is 84.5 cm³/mol. The van der Waals surface area contributed by atoms with Crippen LogP contribution in [0.2, 0.25) is 0 Å². The molecule has 1 aliphatic carbocycles. The first kappa shape index (κ1) is 14.1. The van der Waals surface area contributed by atoms with Crippen LogP contribution >= 0.6 is 15.9 Å². The first-order valence-corrected chi connectivity index (χ1v) is 7.48. The maximum Gasteiger partial charge on any atom is 0.174 e. The number of benzene rings is 2. The third-order valence-electron chi connectivity index (χ3n) is 3.91. The molecule has 0 radical (unpaired) electrons.